The Morgan fingerprint density at radius 2 is 1.90 bits per heavy atom. The van der Waals surface area contributed by atoms with Crippen molar-refractivity contribution < 1.29 is 22.9 Å². The van der Waals surface area contributed by atoms with E-state index >= 15 is 0 Å². The number of Topliss-reactive ketones (excluding diaryl/α,β-unsaturated/α-hetero) is 1. The molecule has 0 aliphatic carbocycles. The number of rotatable bonds is 2. The zero-order valence-corrected chi connectivity index (χ0v) is 11.4. The summed E-state index contributed by atoms with van der Waals surface area (Å²) in [5.74, 6) is -1.80. The van der Waals surface area contributed by atoms with E-state index < -0.39 is 12.0 Å². The van der Waals surface area contributed by atoms with Gasteiger partial charge in [-0.15, -0.1) is 11.3 Å². The number of halogens is 3. The van der Waals surface area contributed by atoms with Crippen LogP contribution in [-0.4, -0.2) is 12.0 Å². The first-order chi connectivity index (χ1) is 9.97. The smallest absolute Gasteiger partial charge is 0.283 e. The summed E-state index contributed by atoms with van der Waals surface area (Å²) >= 11 is 0.856. The number of hydrogen-bond donors (Lipinski definition) is 0. The van der Waals surface area contributed by atoms with Crippen molar-refractivity contribution in [2.24, 2.45) is 0 Å². The van der Waals surface area contributed by atoms with Crippen LogP contribution in [-0.2, 0) is 0 Å². The molecule has 0 aliphatic heterocycles. The van der Waals surface area contributed by atoms with Crippen LogP contribution >= 0.6 is 11.3 Å². The van der Waals surface area contributed by atoms with E-state index in [2.05, 4.69) is 4.98 Å². The highest BCUT2D eigenvalue weighted by atomic mass is 32.1. The standard InChI is InChI=1S/C15H8F3NOS/c16-15(17,18)14(20)13-5-4-12(21-13)11-3-1-2-9-8-19-7-6-10(9)11/h1-8H/p+1. The number of H-pyrrole nitrogens is 1. The van der Waals surface area contributed by atoms with E-state index in [-0.39, 0.29) is 4.88 Å². The van der Waals surface area contributed by atoms with E-state index in [9.17, 15) is 18.0 Å². The number of pyridine rings is 1. The third-order valence-corrected chi connectivity index (χ3v) is 4.19. The van der Waals surface area contributed by atoms with Gasteiger partial charge in [-0.05, 0) is 23.8 Å². The Kier molecular flexibility index (Phi) is 3.25. The van der Waals surface area contributed by atoms with Gasteiger partial charge in [0.2, 0.25) is 0 Å². The number of aromatic nitrogens is 1. The second-order valence-electron chi connectivity index (χ2n) is 4.44. The molecule has 0 bridgehead atoms. The number of fused-ring (bicyclic) bond motifs is 1. The van der Waals surface area contributed by atoms with Gasteiger partial charge in [0.1, 0.15) is 0 Å². The van der Waals surface area contributed by atoms with Gasteiger partial charge in [0.25, 0.3) is 5.78 Å². The second-order valence-corrected chi connectivity index (χ2v) is 5.53. The van der Waals surface area contributed by atoms with Crippen molar-refractivity contribution in [1.82, 2.24) is 0 Å². The van der Waals surface area contributed by atoms with Gasteiger partial charge in [-0.3, -0.25) is 4.79 Å². The van der Waals surface area contributed by atoms with Crippen molar-refractivity contribution in [2.45, 2.75) is 6.18 Å². The van der Waals surface area contributed by atoms with Crippen LogP contribution in [0.15, 0.2) is 48.8 Å². The molecule has 2 heterocycles. The number of benzene rings is 1. The normalized spacial score (nSPS) is 11.8. The van der Waals surface area contributed by atoms with Crippen LogP contribution in [0, 0.1) is 0 Å². The van der Waals surface area contributed by atoms with Crippen molar-refractivity contribution >= 4 is 27.9 Å². The Morgan fingerprint density at radius 1 is 1.10 bits per heavy atom. The van der Waals surface area contributed by atoms with E-state index in [1.54, 1.807) is 12.3 Å². The van der Waals surface area contributed by atoms with Crippen LogP contribution in [0.3, 0.4) is 0 Å². The SMILES string of the molecule is O=C(c1ccc(-c2cccc3c[nH+]ccc23)s1)C(F)(F)F. The maximum atomic E-state index is 12.5. The molecule has 3 rings (SSSR count). The molecule has 0 spiro atoms. The molecule has 6 heteroatoms. The number of hydrogen-bond acceptors (Lipinski definition) is 2. The molecule has 2 aromatic heterocycles. The molecule has 1 aromatic carbocycles. The fraction of sp³-hybridized carbons (Fsp3) is 0.0667. The van der Waals surface area contributed by atoms with Gasteiger partial charge in [0.05, 0.1) is 4.88 Å². The van der Waals surface area contributed by atoms with Crippen molar-refractivity contribution in [2.75, 3.05) is 0 Å². The third-order valence-electron chi connectivity index (χ3n) is 3.08. The molecule has 0 fully saturated rings. The lowest BCUT2D eigenvalue weighted by Crippen LogP contribution is -2.21. The Hall–Kier alpha value is -2.21. The van der Waals surface area contributed by atoms with Crippen LogP contribution in [0.1, 0.15) is 9.67 Å². The van der Waals surface area contributed by atoms with Gasteiger partial charge in [-0.2, -0.15) is 13.2 Å². The molecule has 1 N–H and O–H groups in total. The van der Waals surface area contributed by atoms with Crippen molar-refractivity contribution in [1.29, 1.82) is 0 Å². The Balaban J connectivity index is 2.09. The molecule has 0 saturated carbocycles. The number of thiophene rings is 1. The van der Waals surface area contributed by atoms with Gasteiger partial charge in [0, 0.05) is 21.7 Å². The number of alkyl halides is 3. The molecule has 2 nitrogen and oxygen atoms in total. The predicted octanol–water partition coefficient (Wildman–Crippen LogP) is 4.13. The Bertz CT molecular complexity index is 818. The fourth-order valence-electron chi connectivity index (χ4n) is 2.12. The number of carbonyl (C=O) groups excluding carboxylic acids is 1. The van der Waals surface area contributed by atoms with Crippen LogP contribution in [0.5, 0.6) is 0 Å². The molecule has 21 heavy (non-hydrogen) atoms. The van der Waals surface area contributed by atoms with Crippen LogP contribution in [0.25, 0.3) is 21.2 Å². The Morgan fingerprint density at radius 3 is 2.67 bits per heavy atom. The first kappa shape index (κ1) is 13.8. The first-order valence-corrected chi connectivity index (χ1v) is 6.89. The number of carbonyl (C=O) groups is 1. The molecule has 0 unspecified atom stereocenters. The summed E-state index contributed by atoms with van der Waals surface area (Å²) < 4.78 is 37.4. The minimum Gasteiger partial charge on any atom is -0.283 e. The van der Waals surface area contributed by atoms with Crippen LogP contribution in [0.4, 0.5) is 13.2 Å². The molecule has 0 saturated heterocycles. The molecule has 0 aliphatic rings. The largest absolute Gasteiger partial charge is 0.455 e. The van der Waals surface area contributed by atoms with E-state index in [0.29, 0.717) is 4.88 Å². The lowest BCUT2D eigenvalue weighted by atomic mass is 10.1. The van der Waals surface area contributed by atoms with Crippen molar-refractivity contribution in [3.05, 3.63) is 53.7 Å². The highest BCUT2D eigenvalue weighted by Crippen LogP contribution is 2.35. The summed E-state index contributed by atoms with van der Waals surface area (Å²) in [5, 5.41) is 1.87. The monoisotopic (exact) mass is 308 g/mol. The van der Waals surface area contributed by atoms with Crippen molar-refractivity contribution in [3.63, 3.8) is 0 Å². The summed E-state index contributed by atoms with van der Waals surface area (Å²) in [7, 11) is 0. The minimum absolute atomic E-state index is 0.294. The summed E-state index contributed by atoms with van der Waals surface area (Å²) in [5.41, 5.74) is 0.813. The minimum atomic E-state index is -4.84. The van der Waals surface area contributed by atoms with Gasteiger partial charge in [-0.25, -0.2) is 4.98 Å². The number of ketones is 1. The third kappa shape index (κ3) is 2.54. The molecule has 0 atom stereocenters. The van der Waals surface area contributed by atoms with Gasteiger partial charge >= 0.3 is 6.18 Å². The van der Waals surface area contributed by atoms with Gasteiger partial charge in [0.15, 0.2) is 12.4 Å². The molecular weight excluding hydrogens is 299 g/mol. The highest BCUT2D eigenvalue weighted by Gasteiger charge is 2.40. The maximum absolute atomic E-state index is 12.5. The Labute approximate surface area is 121 Å². The maximum Gasteiger partial charge on any atom is 0.455 e. The van der Waals surface area contributed by atoms with E-state index in [4.69, 9.17) is 0 Å². The molecule has 0 radical (unpaired) electrons. The van der Waals surface area contributed by atoms with E-state index in [1.807, 2.05) is 30.5 Å². The second kappa shape index (κ2) is 4.96. The molecule has 0 amide bonds. The lowest BCUT2D eigenvalue weighted by molar-refractivity contribution is -0.375. The summed E-state index contributed by atoms with van der Waals surface area (Å²) in [6, 6.07) is 10.2. The first-order valence-electron chi connectivity index (χ1n) is 6.07. The zero-order chi connectivity index (χ0) is 15.0. The van der Waals surface area contributed by atoms with Crippen molar-refractivity contribution in [3.8, 4) is 10.4 Å². The van der Waals surface area contributed by atoms with E-state index in [0.717, 1.165) is 27.7 Å². The highest BCUT2D eigenvalue weighted by molar-refractivity contribution is 7.17. The number of aromatic amines is 1. The fourth-order valence-corrected chi connectivity index (χ4v) is 3.13. The van der Waals surface area contributed by atoms with Gasteiger partial charge < -0.3 is 0 Å². The van der Waals surface area contributed by atoms with E-state index in [1.165, 1.54) is 6.07 Å². The topological polar surface area (TPSA) is 31.2 Å². The predicted molar refractivity (Wildman–Crippen MR) is 74.2 cm³/mol. The van der Waals surface area contributed by atoms with Gasteiger partial charge in [-0.1, -0.05) is 12.1 Å². The average molecular weight is 308 g/mol. The lowest BCUT2D eigenvalue weighted by Gasteiger charge is -2.03. The quantitative estimate of drug-likeness (QED) is 0.655. The molecular formula is C15H9F3NOS+. The average Bonchev–Trinajstić information content (AvgIpc) is 2.94. The van der Waals surface area contributed by atoms with Crippen LogP contribution < -0.4 is 4.98 Å². The molecule has 3 aromatic rings. The summed E-state index contributed by atoms with van der Waals surface area (Å²) in [6.07, 6.45) is -1.27. The summed E-state index contributed by atoms with van der Waals surface area (Å²) in [4.78, 5) is 14.6. The molecule has 106 valence electrons. The van der Waals surface area contributed by atoms with Crippen LogP contribution in [0.2, 0.25) is 0 Å². The zero-order valence-electron chi connectivity index (χ0n) is 10.6. The number of nitrogens with one attached hydrogen (secondary N) is 1. The summed E-state index contributed by atoms with van der Waals surface area (Å²) in [6.45, 7) is 0.